The quantitative estimate of drug-likeness (QED) is 0.804. The fourth-order valence-electron chi connectivity index (χ4n) is 1.27. The minimum Gasteiger partial charge on any atom is -0.257 e. The standard InChI is InChI=1S/C13H9BrFN/c14-11-7-8-16-13(9-11)6-3-10-1-4-12(15)5-2-10/h1-9H/b6-3+. The van der Waals surface area contributed by atoms with Crippen molar-refractivity contribution >= 4 is 28.1 Å². The van der Waals surface area contributed by atoms with Crippen molar-refractivity contribution in [2.24, 2.45) is 0 Å². The van der Waals surface area contributed by atoms with E-state index in [9.17, 15) is 4.39 Å². The van der Waals surface area contributed by atoms with Crippen LogP contribution in [0.5, 0.6) is 0 Å². The smallest absolute Gasteiger partial charge is 0.123 e. The van der Waals surface area contributed by atoms with Gasteiger partial charge in [-0.3, -0.25) is 4.98 Å². The summed E-state index contributed by atoms with van der Waals surface area (Å²) in [5.41, 5.74) is 1.81. The number of hydrogen-bond donors (Lipinski definition) is 0. The molecular formula is C13H9BrFN. The van der Waals surface area contributed by atoms with Crippen molar-refractivity contribution in [3.63, 3.8) is 0 Å². The summed E-state index contributed by atoms with van der Waals surface area (Å²) < 4.78 is 13.6. The maximum atomic E-state index is 12.7. The van der Waals surface area contributed by atoms with Gasteiger partial charge in [-0.05, 0) is 35.9 Å². The normalized spacial score (nSPS) is 10.9. The molecule has 1 aromatic carbocycles. The highest BCUT2D eigenvalue weighted by Crippen LogP contribution is 2.12. The molecule has 0 radical (unpaired) electrons. The lowest BCUT2D eigenvalue weighted by Gasteiger charge is -1.95. The summed E-state index contributed by atoms with van der Waals surface area (Å²) in [4.78, 5) is 4.18. The summed E-state index contributed by atoms with van der Waals surface area (Å²) >= 11 is 3.37. The van der Waals surface area contributed by atoms with Crippen LogP contribution in [0.25, 0.3) is 12.2 Å². The number of nitrogens with zero attached hydrogens (tertiary/aromatic N) is 1. The van der Waals surface area contributed by atoms with E-state index >= 15 is 0 Å². The maximum absolute atomic E-state index is 12.7. The average molecular weight is 278 g/mol. The highest BCUT2D eigenvalue weighted by molar-refractivity contribution is 9.10. The van der Waals surface area contributed by atoms with E-state index in [1.165, 1.54) is 12.1 Å². The molecule has 3 heteroatoms. The lowest BCUT2D eigenvalue weighted by molar-refractivity contribution is 0.628. The SMILES string of the molecule is Fc1ccc(/C=C/c2cc(Br)ccn2)cc1. The number of halogens is 2. The van der Waals surface area contributed by atoms with Crippen LogP contribution >= 0.6 is 15.9 Å². The predicted molar refractivity (Wildman–Crippen MR) is 67.3 cm³/mol. The Morgan fingerprint density at radius 2 is 1.81 bits per heavy atom. The molecule has 0 unspecified atom stereocenters. The predicted octanol–water partition coefficient (Wildman–Crippen LogP) is 4.15. The second-order valence-electron chi connectivity index (χ2n) is 3.28. The number of rotatable bonds is 2. The molecule has 1 nitrogen and oxygen atoms in total. The first-order valence-corrected chi connectivity index (χ1v) is 5.58. The second-order valence-corrected chi connectivity index (χ2v) is 4.20. The van der Waals surface area contributed by atoms with Crippen LogP contribution in [0.3, 0.4) is 0 Å². The number of pyridine rings is 1. The topological polar surface area (TPSA) is 12.9 Å². The van der Waals surface area contributed by atoms with Crippen molar-refractivity contribution in [1.29, 1.82) is 0 Å². The molecule has 0 spiro atoms. The zero-order valence-electron chi connectivity index (χ0n) is 8.40. The van der Waals surface area contributed by atoms with Crippen molar-refractivity contribution in [3.8, 4) is 0 Å². The molecular weight excluding hydrogens is 269 g/mol. The number of aromatic nitrogens is 1. The van der Waals surface area contributed by atoms with Gasteiger partial charge in [-0.1, -0.05) is 34.1 Å². The van der Waals surface area contributed by atoms with Crippen molar-refractivity contribution < 1.29 is 4.39 Å². The third-order valence-electron chi connectivity index (χ3n) is 2.06. The van der Waals surface area contributed by atoms with E-state index in [0.29, 0.717) is 0 Å². The van der Waals surface area contributed by atoms with Crippen molar-refractivity contribution in [2.75, 3.05) is 0 Å². The van der Waals surface area contributed by atoms with Crippen LogP contribution in [0.15, 0.2) is 47.1 Å². The zero-order chi connectivity index (χ0) is 11.4. The monoisotopic (exact) mass is 277 g/mol. The molecule has 0 aliphatic heterocycles. The Morgan fingerprint density at radius 3 is 2.50 bits per heavy atom. The van der Waals surface area contributed by atoms with Crippen LogP contribution < -0.4 is 0 Å². The second kappa shape index (κ2) is 5.03. The zero-order valence-corrected chi connectivity index (χ0v) is 9.99. The third kappa shape index (κ3) is 3.00. The summed E-state index contributed by atoms with van der Waals surface area (Å²) in [7, 11) is 0. The minimum atomic E-state index is -0.224. The van der Waals surface area contributed by atoms with Crippen molar-refractivity contribution in [1.82, 2.24) is 4.98 Å². The van der Waals surface area contributed by atoms with Crippen LogP contribution in [0.1, 0.15) is 11.3 Å². The lowest BCUT2D eigenvalue weighted by Crippen LogP contribution is -1.79. The minimum absolute atomic E-state index is 0.224. The highest BCUT2D eigenvalue weighted by Gasteiger charge is 1.91. The molecule has 0 aliphatic rings. The Balaban J connectivity index is 2.18. The highest BCUT2D eigenvalue weighted by atomic mass is 79.9. The molecule has 0 atom stereocenters. The van der Waals surface area contributed by atoms with Gasteiger partial charge in [-0.25, -0.2) is 4.39 Å². The van der Waals surface area contributed by atoms with Crippen LogP contribution in [0.2, 0.25) is 0 Å². The summed E-state index contributed by atoms with van der Waals surface area (Å²) in [5, 5.41) is 0. The van der Waals surface area contributed by atoms with E-state index in [4.69, 9.17) is 0 Å². The Labute approximate surface area is 102 Å². The fourth-order valence-corrected chi connectivity index (χ4v) is 1.62. The van der Waals surface area contributed by atoms with Crippen LogP contribution in [0.4, 0.5) is 4.39 Å². The molecule has 0 amide bonds. The van der Waals surface area contributed by atoms with Gasteiger partial charge < -0.3 is 0 Å². The van der Waals surface area contributed by atoms with Crippen LogP contribution in [-0.4, -0.2) is 4.98 Å². The van der Waals surface area contributed by atoms with Crippen LogP contribution in [0, 0.1) is 5.82 Å². The molecule has 0 saturated carbocycles. The van der Waals surface area contributed by atoms with Crippen LogP contribution in [-0.2, 0) is 0 Å². The molecule has 1 heterocycles. The van der Waals surface area contributed by atoms with Gasteiger partial charge in [0.25, 0.3) is 0 Å². The van der Waals surface area contributed by atoms with Crippen molar-refractivity contribution in [2.45, 2.75) is 0 Å². The van der Waals surface area contributed by atoms with E-state index < -0.39 is 0 Å². The summed E-state index contributed by atoms with van der Waals surface area (Å²) in [6, 6.07) is 10.1. The largest absolute Gasteiger partial charge is 0.257 e. The molecule has 80 valence electrons. The Morgan fingerprint density at radius 1 is 1.06 bits per heavy atom. The number of hydrogen-bond acceptors (Lipinski definition) is 1. The molecule has 1 aromatic heterocycles. The van der Waals surface area contributed by atoms with Gasteiger partial charge in [0.05, 0.1) is 5.69 Å². The molecule has 0 saturated heterocycles. The number of benzene rings is 1. The third-order valence-corrected chi connectivity index (χ3v) is 2.55. The summed E-state index contributed by atoms with van der Waals surface area (Å²) in [6.07, 6.45) is 5.51. The average Bonchev–Trinajstić information content (AvgIpc) is 2.28. The van der Waals surface area contributed by atoms with E-state index in [-0.39, 0.29) is 5.82 Å². The first-order chi connectivity index (χ1) is 7.74. The lowest BCUT2D eigenvalue weighted by atomic mass is 10.2. The summed E-state index contributed by atoms with van der Waals surface area (Å²) in [6.45, 7) is 0. The Bertz CT molecular complexity index is 506. The van der Waals surface area contributed by atoms with E-state index in [1.54, 1.807) is 18.3 Å². The molecule has 0 bridgehead atoms. The van der Waals surface area contributed by atoms with Gasteiger partial charge >= 0.3 is 0 Å². The first kappa shape index (κ1) is 11.0. The fraction of sp³-hybridized carbons (Fsp3) is 0. The van der Waals surface area contributed by atoms with Gasteiger partial charge in [-0.15, -0.1) is 0 Å². The molecule has 2 aromatic rings. The molecule has 0 N–H and O–H groups in total. The van der Waals surface area contributed by atoms with E-state index in [0.717, 1.165) is 15.7 Å². The first-order valence-electron chi connectivity index (χ1n) is 4.79. The molecule has 0 aliphatic carbocycles. The summed E-state index contributed by atoms with van der Waals surface area (Å²) in [5.74, 6) is -0.224. The van der Waals surface area contributed by atoms with Gasteiger partial charge in [0.15, 0.2) is 0 Å². The van der Waals surface area contributed by atoms with Gasteiger partial charge in [0, 0.05) is 10.7 Å². The van der Waals surface area contributed by atoms with E-state index in [2.05, 4.69) is 20.9 Å². The maximum Gasteiger partial charge on any atom is 0.123 e. The van der Waals surface area contributed by atoms with Gasteiger partial charge in [0.1, 0.15) is 5.82 Å². The van der Waals surface area contributed by atoms with Gasteiger partial charge in [-0.2, -0.15) is 0 Å². The molecule has 16 heavy (non-hydrogen) atoms. The Kier molecular flexibility index (Phi) is 3.47. The molecule has 0 fully saturated rings. The van der Waals surface area contributed by atoms with E-state index in [1.807, 2.05) is 24.3 Å². The Hall–Kier alpha value is -1.48. The van der Waals surface area contributed by atoms with Crippen molar-refractivity contribution in [3.05, 3.63) is 64.1 Å². The molecule has 2 rings (SSSR count). The van der Waals surface area contributed by atoms with Gasteiger partial charge in [0.2, 0.25) is 0 Å².